The summed E-state index contributed by atoms with van der Waals surface area (Å²) in [5.41, 5.74) is 3.47. The fraction of sp³-hybridized carbons (Fsp3) is 0.438. The minimum Gasteiger partial charge on any atom is -0.369 e. The van der Waals surface area contributed by atoms with Gasteiger partial charge in [-0.3, -0.25) is 0 Å². The van der Waals surface area contributed by atoms with E-state index in [2.05, 4.69) is 65.6 Å². The van der Waals surface area contributed by atoms with Gasteiger partial charge in [0, 0.05) is 12.2 Å². The fourth-order valence-electron chi connectivity index (χ4n) is 1.88. The van der Waals surface area contributed by atoms with Crippen molar-refractivity contribution >= 4 is 17.5 Å². The first-order chi connectivity index (χ1) is 10.0. The van der Waals surface area contributed by atoms with Gasteiger partial charge in [0.1, 0.15) is 0 Å². The van der Waals surface area contributed by atoms with E-state index in [0.717, 1.165) is 24.5 Å². The Morgan fingerprint density at radius 3 is 2.67 bits per heavy atom. The lowest BCUT2D eigenvalue weighted by Crippen LogP contribution is -2.08. The Balaban J connectivity index is 2.01. The zero-order valence-electron chi connectivity index (χ0n) is 13.1. The number of anilines is 3. The number of nitrogens with one attached hydrogen (secondary N) is 2. The van der Waals surface area contributed by atoms with Crippen molar-refractivity contribution in [2.24, 2.45) is 5.92 Å². The lowest BCUT2D eigenvalue weighted by molar-refractivity contribution is 0.606. The number of aromatic nitrogens is 3. The Morgan fingerprint density at radius 1 is 1.14 bits per heavy atom. The molecule has 0 atom stereocenters. The first-order valence-corrected chi connectivity index (χ1v) is 7.32. The summed E-state index contributed by atoms with van der Waals surface area (Å²) in [6.45, 7) is 9.47. The van der Waals surface area contributed by atoms with Crippen LogP contribution < -0.4 is 10.6 Å². The summed E-state index contributed by atoms with van der Waals surface area (Å²) >= 11 is 0. The third kappa shape index (κ3) is 4.70. The molecule has 0 spiro atoms. The van der Waals surface area contributed by atoms with E-state index in [1.54, 1.807) is 6.20 Å². The molecule has 0 aliphatic heterocycles. The highest BCUT2D eigenvalue weighted by atomic mass is 15.3. The highest BCUT2D eigenvalue weighted by Crippen LogP contribution is 2.17. The van der Waals surface area contributed by atoms with E-state index in [9.17, 15) is 0 Å². The van der Waals surface area contributed by atoms with Gasteiger partial charge in [0.2, 0.25) is 5.95 Å². The maximum atomic E-state index is 4.42. The molecule has 0 aliphatic carbocycles. The second-order valence-corrected chi connectivity index (χ2v) is 5.70. The Morgan fingerprint density at radius 2 is 1.95 bits per heavy atom. The monoisotopic (exact) mass is 285 g/mol. The first kappa shape index (κ1) is 15.2. The van der Waals surface area contributed by atoms with Crippen LogP contribution in [0.1, 0.15) is 31.4 Å². The third-order valence-corrected chi connectivity index (χ3v) is 3.35. The van der Waals surface area contributed by atoms with Crippen molar-refractivity contribution in [2.45, 2.75) is 34.1 Å². The number of rotatable bonds is 6. The number of hydrogen-bond donors (Lipinski definition) is 2. The molecule has 0 unspecified atom stereocenters. The molecule has 0 fully saturated rings. The summed E-state index contributed by atoms with van der Waals surface area (Å²) in [5, 5.41) is 14.5. The van der Waals surface area contributed by atoms with Crippen LogP contribution in [0.15, 0.2) is 24.4 Å². The van der Waals surface area contributed by atoms with Crippen LogP contribution in [0.3, 0.4) is 0 Å². The number of hydrogen-bond acceptors (Lipinski definition) is 5. The lowest BCUT2D eigenvalue weighted by atomic mass is 10.1. The van der Waals surface area contributed by atoms with Gasteiger partial charge in [0.25, 0.3) is 0 Å². The van der Waals surface area contributed by atoms with E-state index in [4.69, 9.17) is 0 Å². The van der Waals surface area contributed by atoms with Crippen LogP contribution in [0.25, 0.3) is 0 Å². The highest BCUT2D eigenvalue weighted by molar-refractivity contribution is 5.56. The van der Waals surface area contributed by atoms with Gasteiger partial charge in [0.05, 0.1) is 6.20 Å². The van der Waals surface area contributed by atoms with E-state index in [0.29, 0.717) is 11.9 Å². The van der Waals surface area contributed by atoms with E-state index < -0.39 is 0 Å². The Labute approximate surface area is 126 Å². The molecule has 2 N–H and O–H groups in total. The molecule has 21 heavy (non-hydrogen) atoms. The van der Waals surface area contributed by atoms with Crippen LogP contribution in [0, 0.1) is 19.8 Å². The van der Waals surface area contributed by atoms with Crippen LogP contribution in [0.2, 0.25) is 0 Å². The zero-order valence-corrected chi connectivity index (χ0v) is 13.1. The Hall–Kier alpha value is -2.17. The fourth-order valence-corrected chi connectivity index (χ4v) is 1.88. The summed E-state index contributed by atoms with van der Waals surface area (Å²) in [6.07, 6.45) is 2.75. The lowest BCUT2D eigenvalue weighted by Gasteiger charge is -2.09. The molecule has 0 radical (unpaired) electrons. The summed E-state index contributed by atoms with van der Waals surface area (Å²) in [7, 11) is 0. The molecule has 112 valence electrons. The predicted octanol–water partition coefficient (Wildman–Crippen LogP) is 3.69. The smallest absolute Gasteiger partial charge is 0.249 e. The normalized spacial score (nSPS) is 10.7. The third-order valence-electron chi connectivity index (χ3n) is 3.35. The van der Waals surface area contributed by atoms with Crippen molar-refractivity contribution < 1.29 is 0 Å². The minimum absolute atomic E-state index is 0.507. The van der Waals surface area contributed by atoms with Crippen molar-refractivity contribution in [2.75, 3.05) is 17.2 Å². The van der Waals surface area contributed by atoms with Crippen LogP contribution in [-0.2, 0) is 0 Å². The van der Waals surface area contributed by atoms with E-state index in [1.165, 1.54) is 11.1 Å². The number of benzene rings is 1. The standard InChI is InChI=1S/C16H23N5/c1-11(2)7-8-17-15-10-18-21-16(20-15)19-14-6-5-12(3)13(4)9-14/h5-6,9-11H,7-8H2,1-4H3,(H2,17,19,20,21). The summed E-state index contributed by atoms with van der Waals surface area (Å²) in [4.78, 5) is 4.42. The van der Waals surface area contributed by atoms with E-state index in [-0.39, 0.29) is 0 Å². The Kier molecular flexibility index (Phi) is 5.09. The summed E-state index contributed by atoms with van der Waals surface area (Å²) in [5.74, 6) is 1.92. The molecule has 0 amide bonds. The van der Waals surface area contributed by atoms with Gasteiger partial charge in [-0.25, -0.2) is 0 Å². The molecule has 1 aromatic carbocycles. The van der Waals surface area contributed by atoms with Gasteiger partial charge in [-0.2, -0.15) is 10.1 Å². The van der Waals surface area contributed by atoms with Gasteiger partial charge in [-0.1, -0.05) is 19.9 Å². The van der Waals surface area contributed by atoms with Crippen molar-refractivity contribution in [1.29, 1.82) is 0 Å². The van der Waals surface area contributed by atoms with Crippen molar-refractivity contribution in [3.05, 3.63) is 35.5 Å². The highest BCUT2D eigenvalue weighted by Gasteiger charge is 2.03. The molecule has 0 bridgehead atoms. The van der Waals surface area contributed by atoms with E-state index >= 15 is 0 Å². The van der Waals surface area contributed by atoms with Crippen LogP contribution in [0.4, 0.5) is 17.5 Å². The molecule has 0 saturated carbocycles. The average molecular weight is 285 g/mol. The second-order valence-electron chi connectivity index (χ2n) is 5.70. The quantitative estimate of drug-likeness (QED) is 0.847. The number of nitrogens with zero attached hydrogens (tertiary/aromatic N) is 3. The molecule has 0 aliphatic rings. The topological polar surface area (TPSA) is 62.7 Å². The van der Waals surface area contributed by atoms with Crippen molar-refractivity contribution in [3.63, 3.8) is 0 Å². The molecule has 5 nitrogen and oxygen atoms in total. The molecule has 0 saturated heterocycles. The maximum Gasteiger partial charge on any atom is 0.249 e. The molecular weight excluding hydrogens is 262 g/mol. The van der Waals surface area contributed by atoms with Crippen LogP contribution >= 0.6 is 0 Å². The predicted molar refractivity (Wildman–Crippen MR) is 87.0 cm³/mol. The van der Waals surface area contributed by atoms with Crippen molar-refractivity contribution in [1.82, 2.24) is 15.2 Å². The molecule has 2 rings (SSSR count). The van der Waals surface area contributed by atoms with Gasteiger partial charge in [-0.05, 0) is 49.4 Å². The first-order valence-electron chi connectivity index (χ1n) is 7.32. The van der Waals surface area contributed by atoms with E-state index in [1.807, 2.05) is 6.07 Å². The van der Waals surface area contributed by atoms with Crippen LogP contribution in [0.5, 0.6) is 0 Å². The van der Waals surface area contributed by atoms with Crippen LogP contribution in [-0.4, -0.2) is 21.7 Å². The van der Waals surface area contributed by atoms with Gasteiger partial charge in [0.15, 0.2) is 5.82 Å². The summed E-state index contributed by atoms with van der Waals surface area (Å²) in [6, 6.07) is 6.18. The molecule has 1 heterocycles. The molecule has 2 aromatic rings. The van der Waals surface area contributed by atoms with Crippen molar-refractivity contribution in [3.8, 4) is 0 Å². The zero-order chi connectivity index (χ0) is 15.2. The largest absolute Gasteiger partial charge is 0.369 e. The average Bonchev–Trinajstić information content (AvgIpc) is 2.43. The van der Waals surface area contributed by atoms with Gasteiger partial charge < -0.3 is 10.6 Å². The molecular formula is C16H23N5. The minimum atomic E-state index is 0.507. The molecule has 1 aromatic heterocycles. The van der Waals surface area contributed by atoms with Gasteiger partial charge >= 0.3 is 0 Å². The number of aryl methyl sites for hydroxylation is 2. The van der Waals surface area contributed by atoms with Gasteiger partial charge in [-0.15, -0.1) is 5.10 Å². The SMILES string of the molecule is Cc1ccc(Nc2nncc(NCCC(C)C)n2)cc1C. The summed E-state index contributed by atoms with van der Waals surface area (Å²) < 4.78 is 0. The maximum absolute atomic E-state index is 4.42. The molecule has 5 heteroatoms. The Bertz CT molecular complexity index is 595. The second kappa shape index (κ2) is 7.02.